The summed E-state index contributed by atoms with van der Waals surface area (Å²) in [5.74, 6) is -1.33. The maximum absolute atomic E-state index is 15.7. The van der Waals surface area contributed by atoms with E-state index in [-0.39, 0.29) is 29.3 Å². The van der Waals surface area contributed by atoms with E-state index in [0.29, 0.717) is 5.56 Å². The molecule has 3 aromatic carbocycles. The standard InChI is InChI=1S/C26H24FN3O5/c1-16-9-11-18(12-10-16)23-28-26(24(31)35-23,15-17-7-5-4-6-8-17)22-20(27)13-19(14-21(22)33-2)29-30-25(32)34-3/h4-14,29H,15H2,1-3H3,(H,30,32)/t26-/m1/s1. The van der Waals surface area contributed by atoms with Crippen molar-refractivity contribution in [2.45, 2.75) is 18.9 Å². The van der Waals surface area contributed by atoms with Crippen LogP contribution in [0.3, 0.4) is 0 Å². The lowest BCUT2D eigenvalue weighted by Crippen LogP contribution is -2.35. The third-order valence-corrected chi connectivity index (χ3v) is 5.60. The Morgan fingerprint density at radius 1 is 1.09 bits per heavy atom. The van der Waals surface area contributed by atoms with Crippen LogP contribution < -0.4 is 15.6 Å². The number of esters is 1. The summed E-state index contributed by atoms with van der Waals surface area (Å²) in [6, 6.07) is 19.1. The molecule has 9 heteroatoms. The number of hydrogen-bond acceptors (Lipinski definition) is 7. The normalized spacial score (nSPS) is 16.8. The summed E-state index contributed by atoms with van der Waals surface area (Å²) in [5.41, 5.74) is 5.57. The fraction of sp³-hybridized carbons (Fsp3) is 0.192. The molecule has 1 amide bonds. The van der Waals surface area contributed by atoms with Crippen LogP contribution in [-0.4, -0.2) is 32.2 Å². The lowest BCUT2D eigenvalue weighted by molar-refractivity contribution is -0.139. The molecule has 1 atom stereocenters. The van der Waals surface area contributed by atoms with Gasteiger partial charge in [-0.2, -0.15) is 0 Å². The van der Waals surface area contributed by atoms with Gasteiger partial charge in [-0.1, -0.05) is 48.0 Å². The molecule has 0 fully saturated rings. The Labute approximate surface area is 201 Å². The number of methoxy groups -OCH3 is 2. The number of anilines is 1. The van der Waals surface area contributed by atoms with Crippen LogP contribution in [0.4, 0.5) is 14.9 Å². The van der Waals surface area contributed by atoms with Gasteiger partial charge in [-0.25, -0.2) is 24.4 Å². The number of aliphatic imine (C=N–C) groups is 1. The number of halogens is 1. The van der Waals surface area contributed by atoms with Gasteiger partial charge in [0.25, 0.3) is 0 Å². The van der Waals surface area contributed by atoms with Crippen LogP contribution >= 0.6 is 0 Å². The van der Waals surface area contributed by atoms with E-state index in [9.17, 15) is 9.59 Å². The van der Waals surface area contributed by atoms with Crippen molar-refractivity contribution in [1.29, 1.82) is 0 Å². The highest BCUT2D eigenvalue weighted by atomic mass is 19.1. The molecule has 1 aliphatic rings. The van der Waals surface area contributed by atoms with Gasteiger partial charge in [0.05, 0.1) is 25.5 Å². The SMILES string of the molecule is COC(=O)NNc1cc(F)c([C@@]2(Cc3ccccc3)N=C(c3ccc(C)cc3)OC2=O)c(OC)c1. The molecule has 8 nitrogen and oxygen atoms in total. The van der Waals surface area contributed by atoms with Gasteiger partial charge < -0.3 is 14.2 Å². The van der Waals surface area contributed by atoms with Gasteiger partial charge in [-0.15, -0.1) is 0 Å². The molecule has 0 saturated heterocycles. The topological polar surface area (TPSA) is 98.3 Å². The molecule has 0 radical (unpaired) electrons. The van der Waals surface area contributed by atoms with Crippen LogP contribution in [0.15, 0.2) is 71.7 Å². The van der Waals surface area contributed by atoms with E-state index in [1.165, 1.54) is 20.3 Å². The minimum absolute atomic E-state index is 0.0441. The van der Waals surface area contributed by atoms with Crippen molar-refractivity contribution in [3.05, 3.63) is 94.8 Å². The van der Waals surface area contributed by atoms with Gasteiger partial charge >= 0.3 is 12.1 Å². The summed E-state index contributed by atoms with van der Waals surface area (Å²) >= 11 is 0. The molecule has 1 aliphatic heterocycles. The van der Waals surface area contributed by atoms with Crippen molar-refractivity contribution in [3.63, 3.8) is 0 Å². The number of aryl methyl sites for hydroxylation is 1. The Bertz CT molecular complexity index is 1280. The highest BCUT2D eigenvalue weighted by molar-refractivity contribution is 6.08. The van der Waals surface area contributed by atoms with Gasteiger partial charge in [-0.3, -0.25) is 5.43 Å². The number of cyclic esters (lactones) is 1. The molecule has 180 valence electrons. The average molecular weight is 477 g/mol. The van der Waals surface area contributed by atoms with Gasteiger partial charge in [0.1, 0.15) is 11.6 Å². The molecular weight excluding hydrogens is 453 g/mol. The first-order valence-electron chi connectivity index (χ1n) is 10.8. The number of carbonyl (C=O) groups excluding carboxylic acids is 2. The van der Waals surface area contributed by atoms with Gasteiger partial charge in [0, 0.05) is 18.1 Å². The minimum atomic E-state index is -1.73. The van der Waals surface area contributed by atoms with Crippen LogP contribution in [0.1, 0.15) is 22.3 Å². The molecule has 0 aromatic heterocycles. The Balaban J connectivity index is 1.85. The molecular formula is C26H24FN3O5. The second-order valence-corrected chi connectivity index (χ2v) is 7.97. The summed E-state index contributed by atoms with van der Waals surface area (Å²) in [6.07, 6.45) is -0.719. The van der Waals surface area contributed by atoms with Crippen LogP contribution in [-0.2, 0) is 26.2 Å². The number of ether oxygens (including phenoxy) is 3. The zero-order valence-corrected chi connectivity index (χ0v) is 19.4. The Morgan fingerprint density at radius 2 is 1.80 bits per heavy atom. The molecule has 0 aliphatic carbocycles. The molecule has 0 spiro atoms. The highest BCUT2D eigenvalue weighted by Gasteiger charge is 2.51. The molecule has 0 unspecified atom stereocenters. The minimum Gasteiger partial charge on any atom is -0.496 e. The first-order chi connectivity index (χ1) is 16.9. The van der Waals surface area contributed by atoms with Crippen molar-refractivity contribution in [2.24, 2.45) is 4.99 Å². The van der Waals surface area contributed by atoms with E-state index in [1.54, 1.807) is 12.1 Å². The van der Waals surface area contributed by atoms with Crippen molar-refractivity contribution in [1.82, 2.24) is 5.43 Å². The fourth-order valence-electron chi connectivity index (χ4n) is 3.87. The lowest BCUT2D eigenvalue weighted by atomic mass is 9.83. The Hall–Kier alpha value is -4.40. The maximum atomic E-state index is 15.7. The van der Waals surface area contributed by atoms with Crippen LogP contribution in [0.5, 0.6) is 5.75 Å². The van der Waals surface area contributed by atoms with E-state index < -0.39 is 23.4 Å². The van der Waals surface area contributed by atoms with Crippen molar-refractivity contribution in [2.75, 3.05) is 19.6 Å². The first-order valence-corrected chi connectivity index (χ1v) is 10.8. The molecule has 0 bridgehead atoms. The van der Waals surface area contributed by atoms with Crippen LogP contribution in [0, 0.1) is 12.7 Å². The summed E-state index contributed by atoms with van der Waals surface area (Å²) in [4.78, 5) is 29.5. The number of amides is 1. The fourth-order valence-corrected chi connectivity index (χ4v) is 3.87. The summed E-state index contributed by atoms with van der Waals surface area (Å²) in [6.45, 7) is 1.94. The molecule has 4 rings (SSSR count). The van der Waals surface area contributed by atoms with Crippen molar-refractivity contribution >= 4 is 23.6 Å². The third-order valence-electron chi connectivity index (χ3n) is 5.60. The predicted molar refractivity (Wildman–Crippen MR) is 128 cm³/mol. The van der Waals surface area contributed by atoms with Crippen molar-refractivity contribution < 1.29 is 28.2 Å². The number of benzene rings is 3. The van der Waals surface area contributed by atoms with Crippen LogP contribution in [0.25, 0.3) is 0 Å². The summed E-state index contributed by atoms with van der Waals surface area (Å²) in [5, 5.41) is 0. The van der Waals surface area contributed by atoms with E-state index in [4.69, 9.17) is 9.47 Å². The number of hydrogen-bond donors (Lipinski definition) is 2. The Kier molecular flexibility index (Phi) is 6.68. The van der Waals surface area contributed by atoms with Crippen LogP contribution in [0.2, 0.25) is 0 Å². The molecule has 35 heavy (non-hydrogen) atoms. The van der Waals surface area contributed by atoms with Gasteiger partial charge in [-0.05, 0) is 30.7 Å². The second-order valence-electron chi connectivity index (χ2n) is 7.97. The summed E-state index contributed by atoms with van der Waals surface area (Å²) < 4.78 is 31.3. The number of rotatable bonds is 7. The third kappa shape index (κ3) is 4.79. The largest absolute Gasteiger partial charge is 0.496 e. The Morgan fingerprint density at radius 3 is 2.46 bits per heavy atom. The average Bonchev–Trinajstić information content (AvgIpc) is 3.19. The van der Waals surface area contributed by atoms with Gasteiger partial charge in [0.2, 0.25) is 5.90 Å². The number of nitrogens with one attached hydrogen (secondary N) is 2. The first kappa shape index (κ1) is 23.7. The lowest BCUT2D eigenvalue weighted by Gasteiger charge is -2.26. The number of hydrazine groups is 1. The maximum Gasteiger partial charge on any atom is 0.425 e. The smallest absolute Gasteiger partial charge is 0.425 e. The van der Waals surface area contributed by atoms with E-state index in [2.05, 4.69) is 20.6 Å². The van der Waals surface area contributed by atoms with E-state index in [0.717, 1.165) is 17.2 Å². The van der Waals surface area contributed by atoms with E-state index >= 15 is 4.39 Å². The van der Waals surface area contributed by atoms with Gasteiger partial charge in [0.15, 0.2) is 5.54 Å². The van der Waals surface area contributed by atoms with E-state index in [1.807, 2.05) is 49.4 Å². The van der Waals surface area contributed by atoms with Crippen molar-refractivity contribution in [3.8, 4) is 5.75 Å². The highest BCUT2D eigenvalue weighted by Crippen LogP contribution is 2.44. The molecule has 0 saturated carbocycles. The molecule has 2 N–H and O–H groups in total. The predicted octanol–water partition coefficient (Wildman–Crippen LogP) is 4.27. The zero-order chi connectivity index (χ0) is 25.0. The molecule has 1 heterocycles. The molecule has 3 aromatic rings. The summed E-state index contributed by atoms with van der Waals surface area (Å²) in [7, 11) is 2.56. The quantitative estimate of drug-likeness (QED) is 0.390. The number of nitrogens with zero attached hydrogens (tertiary/aromatic N) is 1. The monoisotopic (exact) mass is 477 g/mol. The second kappa shape index (κ2) is 9.84. The zero-order valence-electron chi connectivity index (χ0n) is 19.4. The number of carbonyl (C=O) groups is 2.